The lowest BCUT2D eigenvalue weighted by Crippen LogP contribution is -2.43. The molecule has 0 bridgehead atoms. The second-order valence-electron chi connectivity index (χ2n) is 6.86. The minimum absolute atomic E-state index is 0.00458. The first-order chi connectivity index (χ1) is 11.9. The third-order valence-electron chi connectivity index (χ3n) is 4.63. The Morgan fingerprint density at radius 2 is 2.12 bits per heavy atom. The molecule has 1 amide bonds. The molecule has 25 heavy (non-hydrogen) atoms. The summed E-state index contributed by atoms with van der Waals surface area (Å²) in [4.78, 5) is 14.1. The van der Waals surface area contributed by atoms with Crippen molar-refractivity contribution < 1.29 is 24.1 Å². The number of benzene rings is 1. The number of carbonyl (C=O) groups is 1. The SMILES string of the molecule is CC1(C)O[C@H]2O[C@H](CN3C(=O)CS[C@@H]3c3ccccc3Cl)[C@H](O)[C@H]2O1. The number of aliphatic hydroxyl groups is 1. The monoisotopic (exact) mass is 385 g/mol. The van der Waals surface area contributed by atoms with Crippen molar-refractivity contribution in [2.24, 2.45) is 0 Å². The zero-order chi connectivity index (χ0) is 17.8. The highest BCUT2D eigenvalue weighted by molar-refractivity contribution is 8.00. The lowest BCUT2D eigenvalue weighted by molar-refractivity contribution is -0.216. The van der Waals surface area contributed by atoms with Crippen molar-refractivity contribution in [2.75, 3.05) is 12.3 Å². The first kappa shape index (κ1) is 17.6. The van der Waals surface area contributed by atoms with Crippen LogP contribution in [0.25, 0.3) is 0 Å². The number of thioether (sulfide) groups is 1. The van der Waals surface area contributed by atoms with E-state index >= 15 is 0 Å². The molecule has 3 heterocycles. The van der Waals surface area contributed by atoms with Crippen LogP contribution in [0, 0.1) is 0 Å². The number of fused-ring (bicyclic) bond motifs is 1. The highest BCUT2D eigenvalue weighted by Gasteiger charge is 2.55. The number of halogens is 1. The number of rotatable bonds is 3. The van der Waals surface area contributed by atoms with Crippen LogP contribution in [-0.4, -0.2) is 58.6 Å². The molecule has 0 radical (unpaired) electrons. The fourth-order valence-electron chi connectivity index (χ4n) is 3.49. The zero-order valence-corrected chi connectivity index (χ0v) is 15.5. The van der Waals surface area contributed by atoms with E-state index < -0.39 is 30.4 Å². The average molecular weight is 386 g/mol. The molecule has 5 atom stereocenters. The summed E-state index contributed by atoms with van der Waals surface area (Å²) < 4.78 is 17.2. The number of carbonyl (C=O) groups excluding carboxylic acids is 1. The predicted molar refractivity (Wildman–Crippen MR) is 93.1 cm³/mol. The molecule has 3 saturated heterocycles. The van der Waals surface area contributed by atoms with Gasteiger partial charge in [0.15, 0.2) is 12.1 Å². The van der Waals surface area contributed by atoms with Crippen molar-refractivity contribution in [1.29, 1.82) is 0 Å². The molecule has 0 saturated carbocycles. The van der Waals surface area contributed by atoms with E-state index in [0.29, 0.717) is 10.8 Å². The van der Waals surface area contributed by atoms with Crippen molar-refractivity contribution in [1.82, 2.24) is 4.90 Å². The van der Waals surface area contributed by atoms with Gasteiger partial charge >= 0.3 is 0 Å². The van der Waals surface area contributed by atoms with E-state index in [2.05, 4.69) is 0 Å². The van der Waals surface area contributed by atoms with Gasteiger partial charge in [0.1, 0.15) is 23.7 Å². The van der Waals surface area contributed by atoms with Crippen LogP contribution < -0.4 is 0 Å². The fraction of sp³-hybridized carbons (Fsp3) is 0.588. The van der Waals surface area contributed by atoms with Crippen molar-refractivity contribution >= 4 is 29.3 Å². The number of hydrogen-bond acceptors (Lipinski definition) is 6. The second kappa shape index (κ2) is 6.40. The van der Waals surface area contributed by atoms with Crippen LogP contribution in [0.2, 0.25) is 5.02 Å². The van der Waals surface area contributed by atoms with Crippen LogP contribution in [0.5, 0.6) is 0 Å². The largest absolute Gasteiger partial charge is 0.387 e. The Morgan fingerprint density at radius 1 is 1.36 bits per heavy atom. The standard InChI is InChI=1S/C17H20ClNO5S/c1-17(2)23-14-13(21)11(22-16(14)24-17)7-19-12(20)8-25-15(19)9-5-3-4-6-10(9)18/h3-6,11,13-16,21H,7-8H2,1-2H3/t11-,13+,14-,15-,16-/m1/s1. The van der Waals surface area contributed by atoms with Crippen molar-refractivity contribution in [3.63, 3.8) is 0 Å². The Bertz CT molecular complexity index is 687. The van der Waals surface area contributed by atoms with E-state index in [1.54, 1.807) is 18.7 Å². The van der Waals surface area contributed by atoms with Gasteiger partial charge in [-0.05, 0) is 19.9 Å². The van der Waals surface area contributed by atoms with E-state index in [1.807, 2.05) is 24.3 Å². The number of hydrogen-bond donors (Lipinski definition) is 1. The Morgan fingerprint density at radius 3 is 2.84 bits per heavy atom. The predicted octanol–water partition coefficient (Wildman–Crippen LogP) is 2.15. The molecule has 136 valence electrons. The molecule has 1 N–H and O–H groups in total. The third kappa shape index (κ3) is 3.18. The van der Waals surface area contributed by atoms with Crippen molar-refractivity contribution in [3.8, 4) is 0 Å². The average Bonchev–Trinajstić information content (AvgIpc) is 3.14. The van der Waals surface area contributed by atoms with Crippen LogP contribution in [0.3, 0.4) is 0 Å². The van der Waals surface area contributed by atoms with Crippen LogP contribution >= 0.6 is 23.4 Å². The van der Waals surface area contributed by atoms with Gasteiger partial charge in [0.2, 0.25) is 5.91 Å². The fourth-order valence-corrected chi connectivity index (χ4v) is 5.03. The van der Waals surface area contributed by atoms with E-state index in [9.17, 15) is 9.90 Å². The second-order valence-corrected chi connectivity index (χ2v) is 8.34. The van der Waals surface area contributed by atoms with Gasteiger partial charge in [-0.3, -0.25) is 4.79 Å². The lowest BCUT2D eigenvalue weighted by atomic mass is 10.1. The maximum absolute atomic E-state index is 12.4. The summed E-state index contributed by atoms with van der Waals surface area (Å²) in [5, 5.41) is 11.0. The quantitative estimate of drug-likeness (QED) is 0.859. The molecule has 0 unspecified atom stereocenters. The molecule has 3 fully saturated rings. The summed E-state index contributed by atoms with van der Waals surface area (Å²) in [6.07, 6.45) is -2.56. The molecule has 1 aromatic rings. The molecular weight excluding hydrogens is 366 g/mol. The molecule has 3 aliphatic rings. The molecule has 0 aliphatic carbocycles. The summed E-state index contributed by atoms with van der Waals surface area (Å²) >= 11 is 7.82. The summed E-state index contributed by atoms with van der Waals surface area (Å²) in [6, 6.07) is 7.49. The minimum atomic E-state index is -0.850. The Labute approximate surface area is 155 Å². The first-order valence-corrected chi connectivity index (χ1v) is 9.63. The summed E-state index contributed by atoms with van der Waals surface area (Å²) in [6.45, 7) is 3.83. The maximum atomic E-state index is 12.4. The smallest absolute Gasteiger partial charge is 0.233 e. The normalized spacial score (nSPS) is 36.9. The Hall–Kier alpha value is -0.830. The first-order valence-electron chi connectivity index (χ1n) is 8.20. The minimum Gasteiger partial charge on any atom is -0.387 e. The van der Waals surface area contributed by atoms with Gasteiger partial charge in [-0.2, -0.15) is 0 Å². The zero-order valence-electron chi connectivity index (χ0n) is 13.9. The molecule has 0 aromatic heterocycles. The van der Waals surface area contributed by atoms with E-state index in [1.165, 1.54) is 11.8 Å². The topological polar surface area (TPSA) is 68.2 Å². The molecular formula is C17H20ClNO5S. The molecule has 6 nitrogen and oxygen atoms in total. The van der Waals surface area contributed by atoms with Crippen LogP contribution in [0.15, 0.2) is 24.3 Å². The van der Waals surface area contributed by atoms with Crippen LogP contribution in [0.4, 0.5) is 0 Å². The number of aliphatic hydroxyl groups excluding tert-OH is 1. The lowest BCUT2D eigenvalue weighted by Gasteiger charge is -2.29. The van der Waals surface area contributed by atoms with Gasteiger partial charge in [-0.25, -0.2) is 0 Å². The Balaban J connectivity index is 1.50. The van der Waals surface area contributed by atoms with Crippen molar-refractivity contribution in [2.45, 2.75) is 49.6 Å². The van der Waals surface area contributed by atoms with Crippen LogP contribution in [-0.2, 0) is 19.0 Å². The molecule has 8 heteroatoms. The number of nitrogens with zero attached hydrogens (tertiary/aromatic N) is 1. The van der Waals surface area contributed by atoms with Gasteiger partial charge in [0.05, 0.1) is 12.3 Å². The number of ether oxygens (including phenoxy) is 3. The van der Waals surface area contributed by atoms with E-state index in [4.69, 9.17) is 25.8 Å². The maximum Gasteiger partial charge on any atom is 0.233 e. The number of amides is 1. The summed E-state index contributed by atoms with van der Waals surface area (Å²) in [5.41, 5.74) is 0.890. The van der Waals surface area contributed by atoms with Gasteiger partial charge < -0.3 is 24.2 Å². The molecule has 4 rings (SSSR count). The third-order valence-corrected chi connectivity index (χ3v) is 6.21. The Kier molecular flexibility index (Phi) is 4.50. The van der Waals surface area contributed by atoms with Gasteiger partial charge in [-0.15, -0.1) is 11.8 Å². The molecule has 3 aliphatic heterocycles. The van der Waals surface area contributed by atoms with Gasteiger partial charge in [0, 0.05) is 10.6 Å². The van der Waals surface area contributed by atoms with Gasteiger partial charge in [-0.1, -0.05) is 29.8 Å². The van der Waals surface area contributed by atoms with Crippen molar-refractivity contribution in [3.05, 3.63) is 34.9 Å². The van der Waals surface area contributed by atoms with E-state index in [-0.39, 0.29) is 17.8 Å². The molecule has 0 spiro atoms. The van der Waals surface area contributed by atoms with E-state index in [0.717, 1.165) is 5.56 Å². The highest BCUT2D eigenvalue weighted by atomic mass is 35.5. The van der Waals surface area contributed by atoms with Crippen LogP contribution in [0.1, 0.15) is 24.8 Å². The summed E-state index contributed by atoms with van der Waals surface area (Å²) in [5.74, 6) is -0.392. The van der Waals surface area contributed by atoms with Gasteiger partial charge in [0.25, 0.3) is 0 Å². The summed E-state index contributed by atoms with van der Waals surface area (Å²) in [7, 11) is 0. The highest BCUT2D eigenvalue weighted by Crippen LogP contribution is 2.43. The molecule has 1 aromatic carbocycles.